The van der Waals surface area contributed by atoms with Crippen molar-refractivity contribution in [2.75, 3.05) is 31.1 Å². The Hall–Kier alpha value is -1.11. The molecular weight excluding hydrogens is 300 g/mol. The number of aliphatic hydroxyl groups is 1. The minimum Gasteiger partial charge on any atom is -0.392 e. The van der Waals surface area contributed by atoms with Gasteiger partial charge in [0.2, 0.25) is 10.0 Å². The van der Waals surface area contributed by atoms with Crippen molar-refractivity contribution in [1.29, 1.82) is 0 Å². The second-order valence-corrected chi connectivity index (χ2v) is 8.14. The molecule has 122 valence electrons. The molecule has 6 heteroatoms. The van der Waals surface area contributed by atoms with Gasteiger partial charge in [0, 0.05) is 31.9 Å². The van der Waals surface area contributed by atoms with Gasteiger partial charge in [-0.15, -0.1) is 0 Å². The molecule has 0 radical (unpaired) electrons. The van der Waals surface area contributed by atoms with Crippen LogP contribution in [-0.4, -0.2) is 50.1 Å². The van der Waals surface area contributed by atoms with Gasteiger partial charge in [-0.05, 0) is 43.5 Å². The Morgan fingerprint density at radius 2 is 1.59 bits per heavy atom. The van der Waals surface area contributed by atoms with Gasteiger partial charge in [0.15, 0.2) is 0 Å². The number of rotatable bonds is 3. The molecule has 1 aromatic carbocycles. The molecule has 5 nitrogen and oxygen atoms in total. The summed E-state index contributed by atoms with van der Waals surface area (Å²) in [6, 6.07) is 7.20. The van der Waals surface area contributed by atoms with Crippen molar-refractivity contribution >= 4 is 15.7 Å². The normalized spacial score (nSPS) is 24.4. The van der Waals surface area contributed by atoms with Gasteiger partial charge in [0.1, 0.15) is 0 Å². The van der Waals surface area contributed by atoms with E-state index in [1.54, 1.807) is 12.1 Å². The van der Waals surface area contributed by atoms with Crippen molar-refractivity contribution in [1.82, 2.24) is 4.31 Å². The molecular formula is C16H24N2O3S. The van der Waals surface area contributed by atoms with Gasteiger partial charge in [-0.1, -0.05) is 12.8 Å². The lowest BCUT2D eigenvalue weighted by atomic mass is 10.2. The lowest BCUT2D eigenvalue weighted by molar-refractivity contribution is 0.189. The van der Waals surface area contributed by atoms with Crippen molar-refractivity contribution < 1.29 is 13.5 Å². The van der Waals surface area contributed by atoms with Crippen LogP contribution < -0.4 is 4.90 Å². The van der Waals surface area contributed by atoms with Crippen LogP contribution in [-0.2, 0) is 10.0 Å². The highest BCUT2D eigenvalue weighted by atomic mass is 32.2. The minimum atomic E-state index is -3.47. The fourth-order valence-corrected chi connectivity index (χ4v) is 4.73. The molecule has 2 fully saturated rings. The third-order valence-corrected chi connectivity index (χ3v) is 6.45. The second kappa shape index (κ2) is 6.56. The first kappa shape index (κ1) is 15.8. The number of hydrogen-bond acceptors (Lipinski definition) is 4. The number of β-amino-alcohol motifs (C(OH)–C–C–N with tert-alkyl or cyclic N) is 1. The van der Waals surface area contributed by atoms with Gasteiger partial charge in [-0.25, -0.2) is 8.42 Å². The third kappa shape index (κ3) is 3.29. The van der Waals surface area contributed by atoms with Gasteiger partial charge in [-0.2, -0.15) is 4.31 Å². The van der Waals surface area contributed by atoms with Crippen molar-refractivity contribution in [3.8, 4) is 0 Å². The predicted molar refractivity (Wildman–Crippen MR) is 86.5 cm³/mol. The summed E-state index contributed by atoms with van der Waals surface area (Å²) in [6.07, 6.45) is 4.94. The summed E-state index contributed by atoms with van der Waals surface area (Å²) >= 11 is 0. The van der Waals surface area contributed by atoms with E-state index in [4.69, 9.17) is 0 Å². The Kier molecular flexibility index (Phi) is 4.70. The van der Waals surface area contributed by atoms with Crippen LogP contribution in [0.1, 0.15) is 32.1 Å². The van der Waals surface area contributed by atoms with Crippen molar-refractivity contribution in [2.45, 2.75) is 43.1 Å². The van der Waals surface area contributed by atoms with Crippen LogP contribution in [0.2, 0.25) is 0 Å². The Balaban J connectivity index is 1.76. The molecule has 2 aliphatic rings. The first-order chi connectivity index (χ1) is 10.6. The molecule has 2 aliphatic heterocycles. The van der Waals surface area contributed by atoms with Gasteiger partial charge >= 0.3 is 0 Å². The number of aliphatic hydroxyl groups excluding tert-OH is 1. The van der Waals surface area contributed by atoms with Crippen LogP contribution in [0.3, 0.4) is 0 Å². The summed E-state index contributed by atoms with van der Waals surface area (Å²) in [5.74, 6) is 0. The number of hydrogen-bond donors (Lipinski definition) is 1. The van der Waals surface area contributed by atoms with Crippen molar-refractivity contribution in [2.24, 2.45) is 0 Å². The molecule has 0 saturated carbocycles. The Morgan fingerprint density at radius 3 is 2.14 bits per heavy atom. The zero-order chi connectivity index (χ0) is 15.6. The summed E-state index contributed by atoms with van der Waals surface area (Å²) in [6.45, 7) is 2.70. The third-order valence-electron chi connectivity index (χ3n) is 4.57. The molecule has 0 aromatic heterocycles. The number of nitrogens with zero attached hydrogens (tertiary/aromatic N) is 2. The zero-order valence-electron chi connectivity index (χ0n) is 12.8. The minimum absolute atomic E-state index is 0.205. The largest absolute Gasteiger partial charge is 0.392 e. The first-order valence-corrected chi connectivity index (χ1v) is 9.54. The number of sulfonamides is 1. The Bertz CT molecular complexity index is 592. The summed E-state index contributed by atoms with van der Waals surface area (Å²) in [4.78, 5) is 2.66. The highest BCUT2D eigenvalue weighted by molar-refractivity contribution is 7.89. The molecule has 2 saturated heterocycles. The lowest BCUT2D eigenvalue weighted by Gasteiger charge is -2.23. The molecule has 1 N–H and O–H groups in total. The van der Waals surface area contributed by atoms with Crippen molar-refractivity contribution in [3.63, 3.8) is 0 Å². The zero-order valence-corrected chi connectivity index (χ0v) is 13.6. The predicted octanol–water partition coefficient (Wildman–Crippen LogP) is 1.82. The summed E-state index contributed by atoms with van der Waals surface area (Å²) in [5.41, 5.74) is 1.10. The second-order valence-electron chi connectivity index (χ2n) is 6.20. The maximum atomic E-state index is 12.5. The van der Waals surface area contributed by atoms with Gasteiger partial charge in [-0.3, -0.25) is 0 Å². The Morgan fingerprint density at radius 1 is 0.955 bits per heavy atom. The average Bonchev–Trinajstić information content (AvgIpc) is 2.80. The summed E-state index contributed by atoms with van der Waals surface area (Å²) in [5, 5.41) is 9.54. The van der Waals surface area contributed by atoms with E-state index in [1.165, 1.54) is 30.0 Å². The SMILES string of the molecule is O=S(=O)(c1ccc(N2CCCCCC2)cc1)N1CCC(O)C1. The highest BCUT2D eigenvalue weighted by Crippen LogP contribution is 2.25. The van der Waals surface area contributed by atoms with Gasteiger partial charge < -0.3 is 10.0 Å². The first-order valence-electron chi connectivity index (χ1n) is 8.10. The smallest absolute Gasteiger partial charge is 0.243 e. The van der Waals surface area contributed by atoms with E-state index in [2.05, 4.69) is 4.90 Å². The molecule has 0 spiro atoms. The molecule has 3 rings (SSSR count). The highest BCUT2D eigenvalue weighted by Gasteiger charge is 2.31. The fraction of sp³-hybridized carbons (Fsp3) is 0.625. The monoisotopic (exact) mass is 324 g/mol. The van der Waals surface area contributed by atoms with E-state index in [0.29, 0.717) is 17.9 Å². The average molecular weight is 324 g/mol. The van der Waals surface area contributed by atoms with Crippen LogP contribution in [0.5, 0.6) is 0 Å². The molecule has 1 unspecified atom stereocenters. The van der Waals surface area contributed by atoms with E-state index in [-0.39, 0.29) is 6.54 Å². The van der Waals surface area contributed by atoms with Crippen LogP contribution in [0.25, 0.3) is 0 Å². The number of anilines is 1. The van der Waals surface area contributed by atoms with Crippen LogP contribution in [0.15, 0.2) is 29.2 Å². The van der Waals surface area contributed by atoms with E-state index in [1.807, 2.05) is 12.1 Å². The van der Waals surface area contributed by atoms with E-state index < -0.39 is 16.1 Å². The molecule has 1 aromatic rings. The molecule has 1 atom stereocenters. The maximum absolute atomic E-state index is 12.5. The van der Waals surface area contributed by atoms with E-state index in [0.717, 1.165) is 18.8 Å². The fourth-order valence-electron chi connectivity index (χ4n) is 3.24. The van der Waals surface area contributed by atoms with Crippen molar-refractivity contribution in [3.05, 3.63) is 24.3 Å². The van der Waals surface area contributed by atoms with E-state index >= 15 is 0 Å². The molecule has 0 aliphatic carbocycles. The van der Waals surface area contributed by atoms with E-state index in [9.17, 15) is 13.5 Å². The quantitative estimate of drug-likeness (QED) is 0.921. The molecule has 22 heavy (non-hydrogen) atoms. The molecule has 0 amide bonds. The Labute approximate surface area is 132 Å². The standard InChI is InChI=1S/C16H24N2O3S/c19-15-9-12-18(13-15)22(20,21)16-7-5-14(6-8-16)17-10-3-1-2-4-11-17/h5-8,15,19H,1-4,9-13H2. The van der Waals surface area contributed by atoms with Gasteiger partial charge in [0.25, 0.3) is 0 Å². The summed E-state index contributed by atoms with van der Waals surface area (Å²) in [7, 11) is -3.47. The van der Waals surface area contributed by atoms with Crippen LogP contribution in [0, 0.1) is 0 Å². The van der Waals surface area contributed by atoms with Crippen LogP contribution in [0.4, 0.5) is 5.69 Å². The summed E-state index contributed by atoms with van der Waals surface area (Å²) < 4.78 is 26.4. The number of benzene rings is 1. The topological polar surface area (TPSA) is 60.9 Å². The van der Waals surface area contributed by atoms with Gasteiger partial charge in [0.05, 0.1) is 11.0 Å². The molecule has 0 bridgehead atoms. The molecule has 2 heterocycles. The maximum Gasteiger partial charge on any atom is 0.243 e. The van der Waals surface area contributed by atoms with Crippen LogP contribution >= 0.6 is 0 Å². The lowest BCUT2D eigenvalue weighted by Crippen LogP contribution is -2.29.